The third-order valence-electron chi connectivity index (χ3n) is 3.65. The van der Waals surface area contributed by atoms with Gasteiger partial charge in [-0.3, -0.25) is 39.9 Å². The molecule has 1 aromatic heterocycles. The van der Waals surface area contributed by atoms with E-state index in [0.717, 1.165) is 4.90 Å². The highest BCUT2D eigenvalue weighted by Gasteiger charge is 2.31. The van der Waals surface area contributed by atoms with Crippen LogP contribution in [0.15, 0.2) is 48.7 Å². The van der Waals surface area contributed by atoms with E-state index in [2.05, 4.69) is 15.8 Å². The summed E-state index contributed by atoms with van der Waals surface area (Å²) >= 11 is 0. The lowest BCUT2D eigenvalue weighted by atomic mass is 9.98. The van der Waals surface area contributed by atoms with E-state index in [1.807, 2.05) is 0 Å². The van der Waals surface area contributed by atoms with Crippen LogP contribution in [0.1, 0.15) is 26.4 Å². The van der Waals surface area contributed by atoms with Gasteiger partial charge in [-0.15, -0.1) is 0 Å². The van der Waals surface area contributed by atoms with Gasteiger partial charge >= 0.3 is 0 Å². The Morgan fingerprint density at radius 3 is 2.56 bits per heavy atom. The number of carbonyl (C=O) groups is 4. The van der Waals surface area contributed by atoms with Gasteiger partial charge in [-0.05, 0) is 23.8 Å². The number of hydrogen-bond acceptors (Lipinski definition) is 5. The van der Waals surface area contributed by atoms with Crippen LogP contribution in [0.25, 0.3) is 0 Å². The van der Waals surface area contributed by atoms with Crippen molar-refractivity contribution in [1.29, 1.82) is 0 Å². The molecule has 0 radical (unpaired) electrons. The highest BCUT2D eigenvalue weighted by molar-refractivity contribution is 6.11. The standard InChI is InChI=1S/C17H14N4O4/c22-14(19-20-16(24)13-7-3-4-8-18-13)10-21-15(23)9-11-5-1-2-6-12(11)17(21)25/h1-8H,9-10H2,(H,19,22)(H,20,24). The molecule has 0 atom stereocenters. The highest BCUT2D eigenvalue weighted by atomic mass is 16.2. The van der Waals surface area contributed by atoms with E-state index in [-0.39, 0.29) is 12.1 Å². The first-order valence-electron chi connectivity index (χ1n) is 7.49. The molecule has 126 valence electrons. The number of carbonyl (C=O) groups excluding carboxylic acids is 4. The molecular formula is C17H14N4O4. The average molecular weight is 338 g/mol. The maximum atomic E-state index is 12.4. The van der Waals surface area contributed by atoms with Gasteiger partial charge in [0.2, 0.25) is 5.91 Å². The molecule has 2 heterocycles. The van der Waals surface area contributed by atoms with E-state index < -0.39 is 30.2 Å². The Hall–Kier alpha value is -3.55. The number of imide groups is 1. The summed E-state index contributed by atoms with van der Waals surface area (Å²) in [4.78, 5) is 52.9. The quantitative estimate of drug-likeness (QED) is 0.608. The zero-order valence-electron chi connectivity index (χ0n) is 13.1. The number of pyridine rings is 1. The lowest BCUT2D eigenvalue weighted by molar-refractivity contribution is -0.133. The maximum absolute atomic E-state index is 12.4. The minimum Gasteiger partial charge on any atom is -0.274 e. The number of hydrazine groups is 1. The predicted molar refractivity (Wildman–Crippen MR) is 86.0 cm³/mol. The molecule has 4 amide bonds. The van der Waals surface area contributed by atoms with Gasteiger partial charge in [0.25, 0.3) is 17.7 Å². The van der Waals surface area contributed by atoms with Crippen molar-refractivity contribution in [3.05, 3.63) is 65.5 Å². The second kappa shape index (κ2) is 6.91. The third-order valence-corrected chi connectivity index (χ3v) is 3.65. The Kier molecular flexibility index (Phi) is 4.51. The molecular weight excluding hydrogens is 324 g/mol. The lowest BCUT2D eigenvalue weighted by Gasteiger charge is -2.26. The monoisotopic (exact) mass is 338 g/mol. The van der Waals surface area contributed by atoms with Crippen LogP contribution in [-0.2, 0) is 16.0 Å². The van der Waals surface area contributed by atoms with E-state index in [4.69, 9.17) is 0 Å². The van der Waals surface area contributed by atoms with Crippen molar-refractivity contribution in [3.8, 4) is 0 Å². The Morgan fingerprint density at radius 1 is 1.04 bits per heavy atom. The molecule has 8 heteroatoms. The fourth-order valence-corrected chi connectivity index (χ4v) is 2.43. The van der Waals surface area contributed by atoms with Gasteiger partial charge in [0.1, 0.15) is 12.2 Å². The zero-order valence-corrected chi connectivity index (χ0v) is 13.1. The average Bonchev–Trinajstić information content (AvgIpc) is 2.64. The second-order valence-corrected chi connectivity index (χ2v) is 5.34. The first-order chi connectivity index (χ1) is 12.1. The summed E-state index contributed by atoms with van der Waals surface area (Å²) in [6.45, 7) is -0.478. The molecule has 0 fully saturated rings. The van der Waals surface area contributed by atoms with Crippen LogP contribution in [0.3, 0.4) is 0 Å². The van der Waals surface area contributed by atoms with Gasteiger partial charge < -0.3 is 0 Å². The van der Waals surface area contributed by atoms with Crippen LogP contribution in [0.2, 0.25) is 0 Å². The molecule has 0 saturated carbocycles. The molecule has 1 aliphatic rings. The van der Waals surface area contributed by atoms with Crippen molar-refractivity contribution in [2.24, 2.45) is 0 Å². The fraction of sp³-hybridized carbons (Fsp3) is 0.118. The van der Waals surface area contributed by atoms with Gasteiger partial charge in [0.15, 0.2) is 0 Å². The molecule has 3 rings (SSSR count). The van der Waals surface area contributed by atoms with Crippen LogP contribution in [0.5, 0.6) is 0 Å². The van der Waals surface area contributed by atoms with Gasteiger partial charge in [-0.1, -0.05) is 24.3 Å². The Labute approximate surface area is 142 Å². The summed E-state index contributed by atoms with van der Waals surface area (Å²) in [5, 5.41) is 0. The number of benzene rings is 1. The van der Waals surface area contributed by atoms with Crippen molar-refractivity contribution in [2.75, 3.05) is 6.54 Å². The van der Waals surface area contributed by atoms with Crippen molar-refractivity contribution in [2.45, 2.75) is 6.42 Å². The molecule has 8 nitrogen and oxygen atoms in total. The summed E-state index contributed by atoms with van der Waals surface area (Å²) in [6, 6.07) is 11.5. The summed E-state index contributed by atoms with van der Waals surface area (Å²) in [6.07, 6.45) is 1.49. The predicted octanol–water partition coefficient (Wildman–Crippen LogP) is 0.0677. The first-order valence-corrected chi connectivity index (χ1v) is 7.49. The highest BCUT2D eigenvalue weighted by Crippen LogP contribution is 2.19. The Balaban J connectivity index is 1.61. The number of nitrogens with zero attached hydrogens (tertiary/aromatic N) is 2. The summed E-state index contributed by atoms with van der Waals surface area (Å²) in [5.41, 5.74) is 5.51. The second-order valence-electron chi connectivity index (χ2n) is 5.34. The number of rotatable bonds is 3. The molecule has 1 aliphatic heterocycles. The fourth-order valence-electron chi connectivity index (χ4n) is 2.43. The molecule has 0 bridgehead atoms. The number of amides is 4. The summed E-state index contributed by atoms with van der Waals surface area (Å²) < 4.78 is 0. The van der Waals surface area contributed by atoms with Gasteiger partial charge in [-0.2, -0.15) is 0 Å². The number of aromatic nitrogens is 1. The third kappa shape index (κ3) is 3.52. The Bertz CT molecular complexity index is 851. The summed E-state index contributed by atoms with van der Waals surface area (Å²) in [5.74, 6) is -2.28. The van der Waals surface area contributed by atoms with Crippen LogP contribution in [0, 0.1) is 0 Å². The number of fused-ring (bicyclic) bond motifs is 1. The van der Waals surface area contributed by atoms with E-state index in [1.54, 1.807) is 36.4 Å². The largest absolute Gasteiger partial charge is 0.288 e. The molecule has 0 unspecified atom stereocenters. The molecule has 0 spiro atoms. The van der Waals surface area contributed by atoms with Gasteiger partial charge in [0.05, 0.1) is 6.42 Å². The number of hydrogen-bond donors (Lipinski definition) is 2. The van der Waals surface area contributed by atoms with E-state index >= 15 is 0 Å². The normalized spacial score (nSPS) is 13.2. The van der Waals surface area contributed by atoms with Crippen molar-refractivity contribution in [3.63, 3.8) is 0 Å². The van der Waals surface area contributed by atoms with Crippen LogP contribution in [0.4, 0.5) is 0 Å². The molecule has 25 heavy (non-hydrogen) atoms. The molecule has 0 saturated heterocycles. The van der Waals surface area contributed by atoms with E-state index in [1.165, 1.54) is 12.3 Å². The van der Waals surface area contributed by atoms with Crippen molar-refractivity contribution in [1.82, 2.24) is 20.7 Å². The maximum Gasteiger partial charge on any atom is 0.288 e. The smallest absolute Gasteiger partial charge is 0.274 e. The van der Waals surface area contributed by atoms with Gasteiger partial charge in [-0.25, -0.2) is 0 Å². The van der Waals surface area contributed by atoms with Crippen LogP contribution in [-0.4, -0.2) is 40.1 Å². The molecule has 2 aromatic rings. The van der Waals surface area contributed by atoms with E-state index in [9.17, 15) is 19.2 Å². The SMILES string of the molecule is O=C(CN1C(=O)Cc2ccccc2C1=O)NNC(=O)c1ccccn1. The van der Waals surface area contributed by atoms with Crippen molar-refractivity contribution < 1.29 is 19.2 Å². The molecule has 2 N–H and O–H groups in total. The molecule has 1 aromatic carbocycles. The number of nitrogens with one attached hydrogen (secondary N) is 2. The minimum atomic E-state index is -0.689. The molecule has 0 aliphatic carbocycles. The first kappa shape index (κ1) is 16.3. The van der Waals surface area contributed by atoms with E-state index in [0.29, 0.717) is 11.1 Å². The lowest BCUT2D eigenvalue weighted by Crippen LogP contribution is -2.51. The zero-order chi connectivity index (χ0) is 17.8. The minimum absolute atomic E-state index is 0.0511. The summed E-state index contributed by atoms with van der Waals surface area (Å²) in [7, 11) is 0. The van der Waals surface area contributed by atoms with Crippen molar-refractivity contribution >= 4 is 23.6 Å². The topological polar surface area (TPSA) is 108 Å². The Morgan fingerprint density at radius 2 is 1.80 bits per heavy atom. The van der Waals surface area contributed by atoms with Crippen LogP contribution < -0.4 is 10.9 Å². The van der Waals surface area contributed by atoms with Crippen LogP contribution >= 0.6 is 0 Å². The van der Waals surface area contributed by atoms with Gasteiger partial charge in [0, 0.05) is 11.8 Å².